The molecule has 0 saturated carbocycles. The molecule has 1 aromatic carbocycles. The molecule has 0 heterocycles. The molecule has 0 radical (unpaired) electrons. The summed E-state index contributed by atoms with van der Waals surface area (Å²) in [6.45, 7) is 10.9. The Kier molecular flexibility index (Phi) is 9.27. The van der Waals surface area contributed by atoms with Gasteiger partial charge in [-0.3, -0.25) is 4.79 Å². The van der Waals surface area contributed by atoms with Crippen molar-refractivity contribution in [2.45, 2.75) is 47.5 Å². The van der Waals surface area contributed by atoms with Crippen molar-refractivity contribution in [3.8, 4) is 0 Å². The van der Waals surface area contributed by atoms with Crippen molar-refractivity contribution in [2.24, 2.45) is 16.9 Å². The van der Waals surface area contributed by atoms with E-state index in [2.05, 4.69) is 5.10 Å². The summed E-state index contributed by atoms with van der Waals surface area (Å²) in [6.07, 6.45) is 1.36. The summed E-state index contributed by atoms with van der Waals surface area (Å²) in [6, 6.07) is 9.78. The number of hydrogen-bond donors (Lipinski definition) is 0. The molecule has 5 nitrogen and oxygen atoms in total. The summed E-state index contributed by atoms with van der Waals surface area (Å²) >= 11 is 0. The first-order valence-corrected chi connectivity index (χ1v) is 8.55. The minimum atomic E-state index is -0.391. The van der Waals surface area contributed by atoms with Gasteiger partial charge in [0.05, 0.1) is 6.61 Å². The quantitative estimate of drug-likeness (QED) is 0.372. The summed E-state index contributed by atoms with van der Waals surface area (Å²) in [5.41, 5.74) is 1.03. The van der Waals surface area contributed by atoms with Crippen LogP contribution in [0, 0.1) is 11.8 Å². The lowest BCUT2D eigenvalue weighted by atomic mass is 10.2. The van der Waals surface area contributed by atoms with Gasteiger partial charge in [0.2, 0.25) is 0 Å². The van der Waals surface area contributed by atoms with Gasteiger partial charge in [-0.1, -0.05) is 58.0 Å². The molecule has 0 bridgehead atoms. The van der Waals surface area contributed by atoms with Crippen LogP contribution in [0.1, 0.15) is 40.2 Å². The number of benzene rings is 1. The lowest BCUT2D eigenvalue weighted by Gasteiger charge is -2.30. The Morgan fingerprint density at radius 3 is 2.42 bits per heavy atom. The van der Waals surface area contributed by atoms with E-state index in [4.69, 9.17) is 9.47 Å². The lowest BCUT2D eigenvalue weighted by Crippen LogP contribution is -2.43. The zero-order valence-corrected chi connectivity index (χ0v) is 15.4. The van der Waals surface area contributed by atoms with Crippen molar-refractivity contribution in [3.05, 3.63) is 35.9 Å². The smallest absolute Gasteiger partial charge is 0.271 e. The largest absolute Gasteiger partial charge is 0.367 e. The van der Waals surface area contributed by atoms with E-state index in [1.165, 1.54) is 5.01 Å². The molecule has 1 aromatic rings. The van der Waals surface area contributed by atoms with Gasteiger partial charge in [0.25, 0.3) is 5.91 Å². The van der Waals surface area contributed by atoms with E-state index in [0.29, 0.717) is 13.2 Å². The van der Waals surface area contributed by atoms with Crippen molar-refractivity contribution in [3.63, 3.8) is 0 Å². The molecular formula is C19H30N2O3. The van der Waals surface area contributed by atoms with Crippen molar-refractivity contribution in [1.82, 2.24) is 5.01 Å². The number of ether oxygens (including phenoxy) is 2. The fourth-order valence-corrected chi connectivity index (χ4v) is 2.09. The molecule has 0 fully saturated rings. The van der Waals surface area contributed by atoms with Gasteiger partial charge in [0.15, 0.2) is 6.23 Å². The highest BCUT2D eigenvalue weighted by Crippen LogP contribution is 2.14. The first-order chi connectivity index (χ1) is 11.5. The Labute approximate surface area is 145 Å². The van der Waals surface area contributed by atoms with Gasteiger partial charge < -0.3 is 9.47 Å². The summed E-state index contributed by atoms with van der Waals surface area (Å²) in [5, 5.41) is 5.76. The van der Waals surface area contributed by atoms with Crippen molar-refractivity contribution >= 4 is 12.1 Å². The van der Waals surface area contributed by atoms with E-state index in [0.717, 1.165) is 5.56 Å². The third kappa shape index (κ3) is 7.23. The average Bonchev–Trinajstić information content (AvgIpc) is 2.54. The molecule has 5 heteroatoms. The van der Waals surface area contributed by atoms with Crippen molar-refractivity contribution < 1.29 is 14.3 Å². The molecule has 1 amide bonds. The molecule has 0 aliphatic rings. The first kappa shape index (κ1) is 20.3. The van der Waals surface area contributed by atoms with Gasteiger partial charge in [-0.05, 0) is 18.4 Å². The maximum Gasteiger partial charge on any atom is 0.271 e. The minimum Gasteiger partial charge on any atom is -0.367 e. The van der Waals surface area contributed by atoms with Crippen LogP contribution < -0.4 is 0 Å². The highest BCUT2D eigenvalue weighted by molar-refractivity contribution is 5.78. The minimum absolute atomic E-state index is 0.0272. The Balaban J connectivity index is 2.71. The Morgan fingerprint density at radius 2 is 1.88 bits per heavy atom. The van der Waals surface area contributed by atoms with E-state index in [1.807, 2.05) is 65.0 Å². The molecule has 0 aromatic heterocycles. The summed E-state index contributed by atoms with van der Waals surface area (Å²) in [5.74, 6) is 0.183. The third-order valence-electron chi connectivity index (χ3n) is 3.23. The molecule has 0 saturated heterocycles. The standard InChI is InChI=1S/C19H30N2O3/c1-6-24-19(16(4)5)21(20-12-15(2)3)18(22)14-23-13-17-10-8-7-9-11-17/h7-12,15-16,19H,6,13-14H2,1-5H3/b20-12+. The predicted octanol–water partition coefficient (Wildman–Crippen LogP) is 3.69. The van der Waals surface area contributed by atoms with E-state index in [1.54, 1.807) is 6.21 Å². The molecule has 0 N–H and O–H groups in total. The van der Waals surface area contributed by atoms with Gasteiger partial charge in [0, 0.05) is 18.7 Å². The fourth-order valence-electron chi connectivity index (χ4n) is 2.09. The summed E-state index contributed by atoms with van der Waals surface area (Å²) in [7, 11) is 0. The second-order valence-corrected chi connectivity index (χ2v) is 6.32. The van der Waals surface area contributed by atoms with Crippen LogP contribution in [0.3, 0.4) is 0 Å². The van der Waals surface area contributed by atoms with E-state index < -0.39 is 6.23 Å². The molecule has 0 aliphatic heterocycles. The van der Waals surface area contributed by atoms with Gasteiger partial charge in [0.1, 0.15) is 6.61 Å². The number of carbonyl (C=O) groups is 1. The molecule has 0 spiro atoms. The number of rotatable bonds is 10. The topological polar surface area (TPSA) is 51.1 Å². The zero-order valence-electron chi connectivity index (χ0n) is 15.4. The number of carbonyl (C=O) groups excluding carboxylic acids is 1. The average molecular weight is 334 g/mol. The summed E-state index contributed by atoms with van der Waals surface area (Å²) < 4.78 is 11.3. The number of hydrazone groups is 1. The maximum absolute atomic E-state index is 12.6. The molecule has 1 atom stereocenters. The molecular weight excluding hydrogens is 304 g/mol. The first-order valence-electron chi connectivity index (χ1n) is 8.55. The molecule has 1 unspecified atom stereocenters. The van der Waals surface area contributed by atoms with E-state index in [-0.39, 0.29) is 24.3 Å². The van der Waals surface area contributed by atoms with Crippen LogP contribution in [-0.2, 0) is 20.9 Å². The van der Waals surface area contributed by atoms with Crippen molar-refractivity contribution in [1.29, 1.82) is 0 Å². The van der Waals surface area contributed by atoms with Gasteiger partial charge >= 0.3 is 0 Å². The molecule has 24 heavy (non-hydrogen) atoms. The number of amides is 1. The van der Waals surface area contributed by atoms with Gasteiger partial charge in [-0.15, -0.1) is 0 Å². The van der Waals surface area contributed by atoms with Crippen LogP contribution in [0.2, 0.25) is 0 Å². The van der Waals surface area contributed by atoms with Crippen LogP contribution in [0.15, 0.2) is 35.4 Å². The van der Waals surface area contributed by atoms with Gasteiger partial charge in [-0.25, -0.2) is 5.01 Å². The zero-order chi connectivity index (χ0) is 17.9. The fraction of sp³-hybridized carbons (Fsp3) is 0.579. The second kappa shape index (κ2) is 10.9. The molecule has 1 rings (SSSR count). The van der Waals surface area contributed by atoms with Crippen LogP contribution in [0.4, 0.5) is 0 Å². The normalized spacial score (nSPS) is 13.0. The maximum atomic E-state index is 12.6. The molecule has 134 valence electrons. The lowest BCUT2D eigenvalue weighted by molar-refractivity contribution is -0.156. The van der Waals surface area contributed by atoms with E-state index in [9.17, 15) is 4.79 Å². The molecule has 0 aliphatic carbocycles. The Bertz CT molecular complexity index is 501. The SMILES string of the molecule is CCOC(C(C)C)N(/N=C/C(C)C)C(=O)COCc1ccccc1. The predicted molar refractivity (Wildman–Crippen MR) is 96.5 cm³/mol. The second-order valence-electron chi connectivity index (χ2n) is 6.32. The highest BCUT2D eigenvalue weighted by atomic mass is 16.5. The van der Waals surface area contributed by atoms with E-state index >= 15 is 0 Å². The van der Waals surface area contributed by atoms with Crippen LogP contribution >= 0.6 is 0 Å². The number of nitrogens with zero attached hydrogens (tertiary/aromatic N) is 2. The monoisotopic (exact) mass is 334 g/mol. The Hall–Kier alpha value is -1.72. The van der Waals surface area contributed by atoms with Crippen LogP contribution in [-0.4, -0.2) is 36.6 Å². The van der Waals surface area contributed by atoms with Gasteiger partial charge in [-0.2, -0.15) is 5.10 Å². The van der Waals surface area contributed by atoms with Crippen molar-refractivity contribution in [2.75, 3.05) is 13.2 Å². The van der Waals surface area contributed by atoms with Crippen LogP contribution in [0.5, 0.6) is 0 Å². The Morgan fingerprint density at radius 1 is 1.21 bits per heavy atom. The highest BCUT2D eigenvalue weighted by Gasteiger charge is 2.26. The summed E-state index contributed by atoms with van der Waals surface area (Å²) in [4.78, 5) is 12.6. The number of hydrogen-bond acceptors (Lipinski definition) is 4. The van der Waals surface area contributed by atoms with Crippen LogP contribution in [0.25, 0.3) is 0 Å². The third-order valence-corrected chi connectivity index (χ3v) is 3.23.